The van der Waals surface area contributed by atoms with E-state index in [1.807, 2.05) is 6.92 Å². The van der Waals surface area contributed by atoms with Crippen molar-refractivity contribution in [3.05, 3.63) is 23.3 Å². The van der Waals surface area contributed by atoms with E-state index in [2.05, 4.69) is 0 Å². The average Bonchev–Trinajstić information content (AvgIpc) is 2.21. The number of ether oxygens (including phenoxy) is 1. The van der Waals surface area contributed by atoms with E-state index in [0.717, 1.165) is 11.1 Å². The molecular weight excluding hydrogens is 216 g/mol. The first-order valence-corrected chi connectivity index (χ1v) is 5.82. The SMILES string of the molecule is COc1cc(C)c(C)cc1S(=O)(=O)C=O. The lowest BCUT2D eigenvalue weighted by Crippen LogP contribution is -2.05. The third kappa shape index (κ3) is 2.18. The van der Waals surface area contributed by atoms with Crippen molar-refractivity contribution < 1.29 is 17.9 Å². The van der Waals surface area contributed by atoms with Crippen molar-refractivity contribution in [2.45, 2.75) is 18.7 Å². The van der Waals surface area contributed by atoms with Crippen LogP contribution < -0.4 is 4.74 Å². The molecule has 0 aromatic heterocycles. The van der Waals surface area contributed by atoms with Crippen LogP contribution in [0.4, 0.5) is 0 Å². The molecule has 0 N–H and O–H groups in total. The Morgan fingerprint density at radius 3 is 2.20 bits per heavy atom. The largest absolute Gasteiger partial charge is 0.495 e. The van der Waals surface area contributed by atoms with Gasteiger partial charge in [0.25, 0.3) is 0 Å². The second-order valence-corrected chi connectivity index (χ2v) is 4.95. The van der Waals surface area contributed by atoms with Crippen molar-refractivity contribution in [2.75, 3.05) is 7.11 Å². The van der Waals surface area contributed by atoms with Gasteiger partial charge >= 0.3 is 0 Å². The van der Waals surface area contributed by atoms with Crippen LogP contribution in [0.25, 0.3) is 0 Å². The van der Waals surface area contributed by atoms with Gasteiger partial charge in [-0.3, -0.25) is 4.79 Å². The second kappa shape index (κ2) is 4.02. The van der Waals surface area contributed by atoms with Crippen LogP contribution in [0.3, 0.4) is 0 Å². The molecule has 82 valence electrons. The Hall–Kier alpha value is -1.36. The van der Waals surface area contributed by atoms with Crippen LogP contribution >= 0.6 is 0 Å². The van der Waals surface area contributed by atoms with Crippen LogP contribution in [-0.4, -0.2) is 21.1 Å². The molecule has 0 heterocycles. The Bertz CT molecular complexity index is 488. The van der Waals surface area contributed by atoms with Gasteiger partial charge < -0.3 is 4.74 Å². The van der Waals surface area contributed by atoms with E-state index in [1.165, 1.54) is 13.2 Å². The lowest BCUT2D eigenvalue weighted by molar-refractivity contribution is 0.402. The maximum atomic E-state index is 11.4. The number of rotatable bonds is 3. The summed E-state index contributed by atoms with van der Waals surface area (Å²) in [5.41, 5.74) is 1.65. The molecular formula is C10H12O4S. The van der Waals surface area contributed by atoms with E-state index in [4.69, 9.17) is 4.74 Å². The Balaban J connectivity index is 3.54. The number of benzene rings is 1. The van der Waals surface area contributed by atoms with Gasteiger partial charge in [0.05, 0.1) is 7.11 Å². The van der Waals surface area contributed by atoms with Gasteiger partial charge in [-0.15, -0.1) is 0 Å². The summed E-state index contributed by atoms with van der Waals surface area (Å²) < 4.78 is 27.7. The van der Waals surface area contributed by atoms with Crippen molar-refractivity contribution in [1.82, 2.24) is 0 Å². The molecule has 1 aromatic rings. The minimum absolute atomic E-state index is 0.0698. The molecule has 0 radical (unpaired) electrons. The highest BCUT2D eigenvalue weighted by atomic mass is 32.2. The van der Waals surface area contributed by atoms with Gasteiger partial charge in [0.1, 0.15) is 10.6 Å². The van der Waals surface area contributed by atoms with Crippen LogP contribution in [0.1, 0.15) is 11.1 Å². The maximum Gasteiger partial charge on any atom is 0.240 e. The molecule has 0 aliphatic carbocycles. The minimum Gasteiger partial charge on any atom is -0.495 e. The van der Waals surface area contributed by atoms with Crippen LogP contribution in [0.2, 0.25) is 0 Å². The molecule has 1 rings (SSSR count). The first kappa shape index (κ1) is 11.7. The van der Waals surface area contributed by atoms with Gasteiger partial charge in [0.15, 0.2) is 0 Å². The second-order valence-electron chi connectivity index (χ2n) is 3.23. The highest BCUT2D eigenvalue weighted by Gasteiger charge is 2.19. The number of hydrogen-bond donors (Lipinski definition) is 0. The van der Waals surface area contributed by atoms with E-state index in [0.29, 0.717) is 0 Å². The van der Waals surface area contributed by atoms with Crippen LogP contribution in [0.5, 0.6) is 5.75 Å². The van der Waals surface area contributed by atoms with Crippen LogP contribution in [0, 0.1) is 13.8 Å². The number of carbonyl (C=O) groups is 1. The van der Waals surface area contributed by atoms with Gasteiger partial charge in [-0.05, 0) is 37.1 Å². The molecule has 0 aliphatic rings. The van der Waals surface area contributed by atoms with Gasteiger partial charge in [0, 0.05) is 0 Å². The summed E-state index contributed by atoms with van der Waals surface area (Å²) in [6, 6.07) is 3.05. The van der Waals surface area contributed by atoms with Crippen molar-refractivity contribution in [1.29, 1.82) is 0 Å². The molecule has 15 heavy (non-hydrogen) atoms. The number of hydrogen-bond acceptors (Lipinski definition) is 4. The predicted octanol–water partition coefficient (Wildman–Crippen LogP) is 1.28. The first-order chi connectivity index (χ1) is 6.92. The average molecular weight is 228 g/mol. The van der Waals surface area contributed by atoms with E-state index in [-0.39, 0.29) is 16.3 Å². The summed E-state index contributed by atoms with van der Waals surface area (Å²) in [6.07, 6.45) is 0. The Labute approximate surface area is 88.8 Å². The van der Waals surface area contributed by atoms with Gasteiger partial charge in [-0.2, -0.15) is 0 Å². The smallest absolute Gasteiger partial charge is 0.240 e. The molecule has 0 amide bonds. The van der Waals surface area contributed by atoms with Crippen molar-refractivity contribution in [3.8, 4) is 5.75 Å². The standard InChI is InChI=1S/C10H12O4S/c1-7-4-9(14-3)10(5-8(7)2)15(12,13)6-11/h4-6H,1-3H3. The summed E-state index contributed by atoms with van der Waals surface area (Å²) >= 11 is 0. The number of methoxy groups -OCH3 is 1. The molecule has 0 unspecified atom stereocenters. The molecule has 0 saturated carbocycles. The molecule has 0 aliphatic heterocycles. The molecule has 0 spiro atoms. The lowest BCUT2D eigenvalue weighted by atomic mass is 10.1. The Kier molecular flexibility index (Phi) is 3.14. The Morgan fingerprint density at radius 1 is 1.20 bits per heavy atom. The minimum atomic E-state index is -3.89. The number of carbonyl (C=O) groups excluding carboxylic acids is 1. The van der Waals surface area contributed by atoms with E-state index < -0.39 is 9.84 Å². The third-order valence-electron chi connectivity index (χ3n) is 2.21. The van der Waals surface area contributed by atoms with E-state index >= 15 is 0 Å². The van der Waals surface area contributed by atoms with Crippen molar-refractivity contribution in [3.63, 3.8) is 0 Å². The summed E-state index contributed by atoms with van der Waals surface area (Å²) in [5.74, 6) is 0.199. The van der Waals surface area contributed by atoms with Gasteiger partial charge in [-0.1, -0.05) is 0 Å². The zero-order valence-corrected chi connectivity index (χ0v) is 9.59. The zero-order chi connectivity index (χ0) is 11.6. The fraction of sp³-hybridized carbons (Fsp3) is 0.300. The molecule has 0 saturated heterocycles. The number of aryl methyl sites for hydroxylation is 2. The summed E-state index contributed by atoms with van der Waals surface area (Å²) in [4.78, 5) is 10.4. The molecule has 5 heteroatoms. The Morgan fingerprint density at radius 2 is 1.73 bits per heavy atom. The zero-order valence-electron chi connectivity index (χ0n) is 8.77. The predicted molar refractivity (Wildman–Crippen MR) is 56.4 cm³/mol. The quantitative estimate of drug-likeness (QED) is 0.731. The summed E-state index contributed by atoms with van der Waals surface area (Å²) in [5, 5.41) is 0. The molecule has 0 atom stereocenters. The highest BCUT2D eigenvalue weighted by molar-refractivity contribution is 8.04. The van der Waals surface area contributed by atoms with E-state index in [9.17, 15) is 13.2 Å². The number of sulfone groups is 1. The van der Waals surface area contributed by atoms with E-state index in [1.54, 1.807) is 13.0 Å². The molecule has 0 fully saturated rings. The van der Waals surface area contributed by atoms with Crippen molar-refractivity contribution >= 4 is 15.5 Å². The lowest BCUT2D eigenvalue weighted by Gasteiger charge is -2.09. The fourth-order valence-electron chi connectivity index (χ4n) is 1.20. The highest BCUT2D eigenvalue weighted by Crippen LogP contribution is 2.27. The first-order valence-electron chi connectivity index (χ1n) is 4.28. The normalized spacial score (nSPS) is 11.1. The summed E-state index contributed by atoms with van der Waals surface area (Å²) in [6.45, 7) is 3.62. The topological polar surface area (TPSA) is 60.4 Å². The monoisotopic (exact) mass is 228 g/mol. The third-order valence-corrected chi connectivity index (χ3v) is 3.40. The van der Waals surface area contributed by atoms with Gasteiger partial charge in [0.2, 0.25) is 15.5 Å². The van der Waals surface area contributed by atoms with Crippen LogP contribution in [0.15, 0.2) is 17.0 Å². The fourth-order valence-corrected chi connectivity index (χ4v) is 2.06. The molecule has 0 bridgehead atoms. The molecule has 4 nitrogen and oxygen atoms in total. The molecule has 1 aromatic carbocycles. The van der Waals surface area contributed by atoms with Crippen molar-refractivity contribution in [2.24, 2.45) is 0 Å². The van der Waals surface area contributed by atoms with Crippen LogP contribution in [-0.2, 0) is 14.6 Å². The maximum absolute atomic E-state index is 11.4. The van der Waals surface area contributed by atoms with Gasteiger partial charge in [-0.25, -0.2) is 8.42 Å². The summed E-state index contributed by atoms with van der Waals surface area (Å²) in [7, 11) is -2.52.